The van der Waals surface area contributed by atoms with Crippen molar-refractivity contribution in [2.45, 2.75) is 12.8 Å². The van der Waals surface area contributed by atoms with Crippen LogP contribution >= 0.6 is 0 Å². The molecule has 0 atom stereocenters. The van der Waals surface area contributed by atoms with Crippen molar-refractivity contribution in [1.29, 1.82) is 0 Å². The Kier molecular flexibility index (Phi) is 2.46. The number of carbonyl (C=O) groups excluding carboxylic acids is 1. The Hall–Kier alpha value is -1.77. The predicted octanol–water partition coefficient (Wildman–Crippen LogP) is 1.77. The van der Waals surface area contributed by atoms with Crippen molar-refractivity contribution in [2.75, 3.05) is 7.11 Å². The third-order valence-corrected chi connectivity index (χ3v) is 2.62. The number of methoxy groups -OCH3 is 1. The van der Waals surface area contributed by atoms with Crippen LogP contribution in [0.4, 0.5) is 0 Å². The Labute approximate surface area is 88.0 Å². The molecule has 0 bridgehead atoms. The molecule has 15 heavy (non-hydrogen) atoms. The lowest BCUT2D eigenvalue weighted by Crippen LogP contribution is -2.16. The molecule has 0 unspecified atom stereocenters. The van der Waals surface area contributed by atoms with Crippen molar-refractivity contribution in [1.82, 2.24) is 0 Å². The lowest BCUT2D eigenvalue weighted by atomic mass is 9.90. The first kappa shape index (κ1) is 9.77. The molecule has 0 heterocycles. The molecule has 1 aromatic carbocycles. The van der Waals surface area contributed by atoms with Crippen LogP contribution in [0.1, 0.15) is 11.1 Å². The number of ether oxygens (including phenoxy) is 1. The normalized spacial score (nSPS) is 14.7. The highest BCUT2D eigenvalue weighted by Crippen LogP contribution is 2.25. The molecule has 0 fully saturated rings. The fourth-order valence-electron chi connectivity index (χ4n) is 1.80. The van der Waals surface area contributed by atoms with E-state index in [9.17, 15) is 9.90 Å². The smallest absolute Gasteiger partial charge is 0.337 e. The highest BCUT2D eigenvalue weighted by molar-refractivity contribution is 5.90. The maximum atomic E-state index is 11.3. The van der Waals surface area contributed by atoms with Gasteiger partial charge in [-0.25, -0.2) is 4.79 Å². The van der Waals surface area contributed by atoms with Gasteiger partial charge in [-0.15, -0.1) is 0 Å². The highest BCUT2D eigenvalue weighted by atomic mass is 16.5. The summed E-state index contributed by atoms with van der Waals surface area (Å²) in [6, 6.07) is 7.77. The van der Waals surface area contributed by atoms with Crippen molar-refractivity contribution in [3.8, 4) is 0 Å². The SMILES string of the molecule is COC(=O)C1=C(O)Cc2ccccc2C1. The molecule has 0 spiro atoms. The van der Waals surface area contributed by atoms with Crippen LogP contribution in [-0.4, -0.2) is 18.2 Å². The molecule has 0 aromatic heterocycles. The summed E-state index contributed by atoms with van der Waals surface area (Å²) < 4.78 is 4.62. The number of allylic oxidation sites excluding steroid dienone is 1. The zero-order chi connectivity index (χ0) is 10.8. The average molecular weight is 204 g/mol. The Morgan fingerprint density at radius 2 is 1.87 bits per heavy atom. The van der Waals surface area contributed by atoms with Gasteiger partial charge in [0.2, 0.25) is 0 Å². The van der Waals surface area contributed by atoms with Gasteiger partial charge >= 0.3 is 5.97 Å². The van der Waals surface area contributed by atoms with Crippen molar-refractivity contribution in [3.05, 3.63) is 46.7 Å². The van der Waals surface area contributed by atoms with Crippen LogP contribution in [0.15, 0.2) is 35.6 Å². The van der Waals surface area contributed by atoms with E-state index >= 15 is 0 Å². The first-order valence-electron chi connectivity index (χ1n) is 4.78. The van der Waals surface area contributed by atoms with Crippen LogP contribution in [0.25, 0.3) is 0 Å². The van der Waals surface area contributed by atoms with Gasteiger partial charge in [-0.2, -0.15) is 0 Å². The summed E-state index contributed by atoms with van der Waals surface area (Å²) in [5.74, 6) is -0.317. The summed E-state index contributed by atoms with van der Waals surface area (Å²) in [4.78, 5) is 11.3. The minimum absolute atomic E-state index is 0.126. The van der Waals surface area contributed by atoms with E-state index < -0.39 is 5.97 Å². The summed E-state index contributed by atoms with van der Waals surface area (Å²) in [5.41, 5.74) is 2.52. The van der Waals surface area contributed by atoms with Gasteiger partial charge in [-0.3, -0.25) is 0 Å². The number of carbonyl (C=O) groups is 1. The molecule has 0 saturated heterocycles. The Morgan fingerprint density at radius 3 is 2.47 bits per heavy atom. The molecule has 78 valence electrons. The first-order valence-corrected chi connectivity index (χ1v) is 4.78. The van der Waals surface area contributed by atoms with E-state index in [1.807, 2.05) is 24.3 Å². The van der Waals surface area contributed by atoms with Crippen molar-refractivity contribution < 1.29 is 14.6 Å². The van der Waals surface area contributed by atoms with Crippen molar-refractivity contribution in [2.24, 2.45) is 0 Å². The first-order chi connectivity index (χ1) is 7.22. The lowest BCUT2D eigenvalue weighted by molar-refractivity contribution is -0.136. The standard InChI is InChI=1S/C12H12O3/c1-15-12(14)10-6-8-4-2-3-5-9(8)7-11(10)13/h2-5,13H,6-7H2,1H3. The monoisotopic (exact) mass is 204 g/mol. The van der Waals surface area contributed by atoms with Gasteiger partial charge in [-0.05, 0) is 11.1 Å². The number of aliphatic hydroxyl groups excluding tert-OH is 1. The molecule has 1 aliphatic rings. The summed E-state index contributed by atoms with van der Waals surface area (Å²) in [5, 5.41) is 9.70. The molecule has 2 rings (SSSR count). The van der Waals surface area contributed by atoms with E-state index in [-0.39, 0.29) is 5.76 Å². The van der Waals surface area contributed by atoms with E-state index in [2.05, 4.69) is 4.74 Å². The highest BCUT2D eigenvalue weighted by Gasteiger charge is 2.22. The van der Waals surface area contributed by atoms with Gasteiger partial charge in [-0.1, -0.05) is 24.3 Å². The van der Waals surface area contributed by atoms with Crippen LogP contribution in [0.2, 0.25) is 0 Å². The number of aliphatic hydroxyl groups is 1. The quantitative estimate of drug-likeness (QED) is 0.709. The predicted molar refractivity (Wildman–Crippen MR) is 55.5 cm³/mol. The Balaban J connectivity index is 2.35. The maximum absolute atomic E-state index is 11.3. The third-order valence-electron chi connectivity index (χ3n) is 2.62. The van der Waals surface area contributed by atoms with E-state index in [1.54, 1.807) is 0 Å². The molecular formula is C12H12O3. The average Bonchev–Trinajstić information content (AvgIpc) is 2.27. The molecule has 3 heteroatoms. The van der Waals surface area contributed by atoms with Gasteiger partial charge in [0, 0.05) is 12.8 Å². The molecule has 0 amide bonds. The van der Waals surface area contributed by atoms with Gasteiger partial charge in [0.05, 0.1) is 12.7 Å². The number of esters is 1. The molecule has 1 aliphatic carbocycles. The van der Waals surface area contributed by atoms with E-state index in [1.165, 1.54) is 7.11 Å². The second kappa shape index (κ2) is 3.77. The zero-order valence-corrected chi connectivity index (χ0v) is 8.49. The molecule has 1 N–H and O–H groups in total. The molecule has 1 aromatic rings. The summed E-state index contributed by atoms with van der Waals surface area (Å²) in [7, 11) is 1.32. The number of benzene rings is 1. The van der Waals surface area contributed by atoms with Gasteiger partial charge in [0.25, 0.3) is 0 Å². The van der Waals surface area contributed by atoms with Crippen LogP contribution < -0.4 is 0 Å². The van der Waals surface area contributed by atoms with Crippen LogP contribution in [0.3, 0.4) is 0 Å². The fourth-order valence-corrected chi connectivity index (χ4v) is 1.80. The Bertz CT molecular complexity index is 432. The maximum Gasteiger partial charge on any atom is 0.337 e. The van der Waals surface area contributed by atoms with Crippen molar-refractivity contribution >= 4 is 5.97 Å². The van der Waals surface area contributed by atoms with Crippen LogP contribution in [0, 0.1) is 0 Å². The summed E-state index contributed by atoms with van der Waals surface area (Å²) in [6.45, 7) is 0. The number of fused-ring (bicyclic) bond motifs is 1. The topological polar surface area (TPSA) is 46.5 Å². The van der Waals surface area contributed by atoms with Crippen LogP contribution in [0.5, 0.6) is 0 Å². The number of rotatable bonds is 1. The molecule has 0 radical (unpaired) electrons. The fraction of sp³-hybridized carbons (Fsp3) is 0.250. The van der Waals surface area contributed by atoms with Crippen molar-refractivity contribution in [3.63, 3.8) is 0 Å². The largest absolute Gasteiger partial charge is 0.511 e. The van der Waals surface area contributed by atoms with E-state index in [0.29, 0.717) is 18.4 Å². The minimum Gasteiger partial charge on any atom is -0.511 e. The minimum atomic E-state index is -0.443. The Morgan fingerprint density at radius 1 is 1.27 bits per heavy atom. The zero-order valence-electron chi connectivity index (χ0n) is 8.49. The summed E-state index contributed by atoms with van der Waals surface area (Å²) in [6.07, 6.45) is 0.870. The van der Waals surface area contributed by atoms with Gasteiger partial charge in [0.1, 0.15) is 5.76 Å². The lowest BCUT2D eigenvalue weighted by Gasteiger charge is -2.17. The molecular weight excluding hydrogens is 192 g/mol. The summed E-state index contributed by atoms with van der Waals surface area (Å²) >= 11 is 0. The molecule has 0 saturated carbocycles. The molecule has 0 aliphatic heterocycles. The van der Waals surface area contributed by atoms with Crippen LogP contribution in [-0.2, 0) is 22.4 Å². The van der Waals surface area contributed by atoms with E-state index in [4.69, 9.17) is 0 Å². The molecule has 3 nitrogen and oxygen atoms in total. The second-order valence-electron chi connectivity index (χ2n) is 3.54. The van der Waals surface area contributed by atoms with Gasteiger partial charge in [0.15, 0.2) is 0 Å². The third kappa shape index (κ3) is 1.73. The second-order valence-corrected chi connectivity index (χ2v) is 3.54. The van der Waals surface area contributed by atoms with E-state index in [0.717, 1.165) is 11.1 Å². The van der Waals surface area contributed by atoms with Gasteiger partial charge < -0.3 is 9.84 Å². The number of hydrogen-bond donors (Lipinski definition) is 1. The number of hydrogen-bond acceptors (Lipinski definition) is 3.